The van der Waals surface area contributed by atoms with Crippen LogP contribution in [0.1, 0.15) is 33.9 Å². The molecule has 1 fully saturated rings. The molecule has 0 bridgehead atoms. The van der Waals surface area contributed by atoms with E-state index in [4.69, 9.17) is 17.0 Å². The molecule has 3 N–H and O–H groups in total. The van der Waals surface area contributed by atoms with E-state index in [0.717, 1.165) is 28.9 Å². The van der Waals surface area contributed by atoms with Crippen LogP contribution in [0.25, 0.3) is 6.08 Å². The summed E-state index contributed by atoms with van der Waals surface area (Å²) in [5.74, 6) is 0.381. The Bertz CT molecular complexity index is 1390. The second-order valence-corrected chi connectivity index (χ2v) is 9.18. The largest absolute Gasteiger partial charge is 0.416 e. The SMILES string of the molecule is Cc1nc(CN2C(=O)S/C(=C\c3ccc(NCc4ccc(Cl)cc4C(F)(F)F)c(C=N)c3)C2=O)n[nH]1. The van der Waals surface area contributed by atoms with Gasteiger partial charge < -0.3 is 10.7 Å². The van der Waals surface area contributed by atoms with E-state index in [1.54, 1.807) is 25.1 Å². The van der Waals surface area contributed by atoms with Crippen LogP contribution in [0.15, 0.2) is 41.3 Å². The summed E-state index contributed by atoms with van der Waals surface area (Å²) in [6.07, 6.45) is -2.00. The van der Waals surface area contributed by atoms with Gasteiger partial charge in [-0.3, -0.25) is 19.6 Å². The minimum absolute atomic E-state index is 0.00202. The van der Waals surface area contributed by atoms with Gasteiger partial charge >= 0.3 is 6.18 Å². The molecule has 13 heteroatoms. The van der Waals surface area contributed by atoms with Crippen LogP contribution in [0.5, 0.6) is 0 Å². The number of H-pyrrole nitrogens is 1. The smallest absolute Gasteiger partial charge is 0.380 e. The summed E-state index contributed by atoms with van der Waals surface area (Å²) in [6, 6.07) is 8.37. The zero-order chi connectivity index (χ0) is 26.0. The quantitative estimate of drug-likeness (QED) is 0.267. The predicted molar refractivity (Wildman–Crippen MR) is 131 cm³/mol. The van der Waals surface area contributed by atoms with Crippen LogP contribution in [0.4, 0.5) is 23.7 Å². The van der Waals surface area contributed by atoms with Crippen molar-refractivity contribution in [1.29, 1.82) is 5.41 Å². The minimum Gasteiger partial charge on any atom is -0.380 e. The first-order valence-corrected chi connectivity index (χ1v) is 11.6. The number of carbonyl (C=O) groups excluding carboxylic acids is 2. The van der Waals surface area contributed by atoms with Crippen LogP contribution < -0.4 is 5.32 Å². The van der Waals surface area contributed by atoms with Crippen molar-refractivity contribution < 1.29 is 22.8 Å². The summed E-state index contributed by atoms with van der Waals surface area (Å²) < 4.78 is 40.1. The number of nitrogens with zero attached hydrogens (tertiary/aromatic N) is 3. The highest BCUT2D eigenvalue weighted by atomic mass is 35.5. The van der Waals surface area contributed by atoms with Crippen molar-refractivity contribution in [2.75, 3.05) is 5.32 Å². The molecule has 0 radical (unpaired) electrons. The van der Waals surface area contributed by atoms with Gasteiger partial charge in [0.1, 0.15) is 5.82 Å². The molecular formula is C23H18ClF3N6O2S. The number of hydrogen-bond donors (Lipinski definition) is 3. The number of nitrogens with one attached hydrogen (secondary N) is 3. The molecule has 2 aromatic carbocycles. The van der Waals surface area contributed by atoms with Crippen LogP contribution in [0, 0.1) is 12.3 Å². The number of alkyl halides is 3. The minimum atomic E-state index is -4.56. The van der Waals surface area contributed by atoms with Gasteiger partial charge in [-0.15, -0.1) is 0 Å². The highest BCUT2D eigenvalue weighted by Crippen LogP contribution is 2.35. The average molecular weight is 535 g/mol. The maximum absolute atomic E-state index is 13.4. The number of halogens is 4. The van der Waals surface area contributed by atoms with E-state index in [-0.39, 0.29) is 28.6 Å². The maximum atomic E-state index is 13.4. The molecule has 8 nitrogen and oxygen atoms in total. The summed E-state index contributed by atoms with van der Waals surface area (Å²) in [6.45, 7) is 1.49. The van der Waals surface area contributed by atoms with Gasteiger partial charge in [0.25, 0.3) is 11.1 Å². The molecule has 36 heavy (non-hydrogen) atoms. The Morgan fingerprint density at radius 3 is 2.67 bits per heavy atom. The monoisotopic (exact) mass is 534 g/mol. The van der Waals surface area contributed by atoms with Gasteiger partial charge in [0.05, 0.1) is 17.0 Å². The number of imide groups is 1. The lowest BCUT2D eigenvalue weighted by Crippen LogP contribution is -2.28. The van der Waals surface area contributed by atoms with Crippen LogP contribution in [-0.4, -0.2) is 37.4 Å². The van der Waals surface area contributed by atoms with E-state index in [2.05, 4.69) is 20.5 Å². The number of carbonyl (C=O) groups is 2. The molecule has 1 aliphatic heterocycles. The number of rotatable bonds is 7. The molecule has 1 saturated heterocycles. The normalized spacial score (nSPS) is 15.1. The molecule has 0 atom stereocenters. The van der Waals surface area contributed by atoms with E-state index in [0.29, 0.717) is 28.5 Å². The van der Waals surface area contributed by atoms with Crippen molar-refractivity contribution in [1.82, 2.24) is 20.1 Å². The highest BCUT2D eigenvalue weighted by Gasteiger charge is 2.36. The first-order chi connectivity index (χ1) is 17.0. The predicted octanol–water partition coefficient (Wildman–Crippen LogP) is 5.63. The Morgan fingerprint density at radius 2 is 2.00 bits per heavy atom. The number of anilines is 1. The number of aryl methyl sites for hydroxylation is 1. The lowest BCUT2D eigenvalue weighted by Gasteiger charge is -2.15. The molecule has 186 valence electrons. The molecule has 0 spiro atoms. The topological polar surface area (TPSA) is 115 Å². The number of hydrogen-bond acceptors (Lipinski definition) is 7. The standard InChI is InChI=1S/C23H18ClF3N6O2S/c1-12-30-20(32-31-12)11-33-21(34)19(36-22(33)35)7-13-2-5-18(15(6-13)9-28)29-10-14-3-4-16(24)8-17(14)23(25,26)27/h2-9,28-29H,10-11H2,1H3,(H,30,31,32)/b19-7-,28-9?. The molecule has 2 heterocycles. The van der Waals surface area contributed by atoms with Crippen molar-refractivity contribution in [3.8, 4) is 0 Å². The highest BCUT2D eigenvalue weighted by molar-refractivity contribution is 8.18. The molecule has 1 aliphatic rings. The maximum Gasteiger partial charge on any atom is 0.416 e. The summed E-state index contributed by atoms with van der Waals surface area (Å²) >= 11 is 6.51. The van der Waals surface area contributed by atoms with E-state index in [1.807, 2.05) is 0 Å². The second-order valence-electron chi connectivity index (χ2n) is 7.75. The lowest BCUT2D eigenvalue weighted by molar-refractivity contribution is -0.138. The summed E-state index contributed by atoms with van der Waals surface area (Å²) in [7, 11) is 0. The molecule has 2 amide bonds. The third kappa shape index (κ3) is 5.60. The number of thioether (sulfide) groups is 1. The second kappa shape index (κ2) is 10.2. The number of amides is 2. The number of aromatic amines is 1. The van der Waals surface area contributed by atoms with Gasteiger partial charge in [-0.2, -0.15) is 18.3 Å². The van der Waals surface area contributed by atoms with Crippen molar-refractivity contribution in [2.24, 2.45) is 0 Å². The fraction of sp³-hybridized carbons (Fsp3) is 0.174. The van der Waals surface area contributed by atoms with Crippen LogP contribution >= 0.6 is 23.4 Å². The molecule has 0 saturated carbocycles. The summed E-state index contributed by atoms with van der Waals surface area (Å²) in [4.78, 5) is 30.4. The Balaban J connectivity index is 1.51. The third-order valence-electron chi connectivity index (χ3n) is 5.19. The number of benzene rings is 2. The van der Waals surface area contributed by atoms with E-state index >= 15 is 0 Å². The van der Waals surface area contributed by atoms with Crippen LogP contribution in [-0.2, 0) is 24.1 Å². The summed E-state index contributed by atoms with van der Waals surface area (Å²) in [5, 5.41) is 16.8. The zero-order valence-electron chi connectivity index (χ0n) is 18.6. The Labute approximate surface area is 212 Å². The third-order valence-corrected chi connectivity index (χ3v) is 6.33. The molecule has 1 aromatic heterocycles. The van der Waals surface area contributed by atoms with Gasteiger partial charge in [0.15, 0.2) is 5.82 Å². The molecular weight excluding hydrogens is 517 g/mol. The van der Waals surface area contributed by atoms with Crippen LogP contribution in [0.2, 0.25) is 5.02 Å². The Hall–Kier alpha value is -3.64. The fourth-order valence-corrected chi connectivity index (χ4v) is 4.51. The molecule has 3 aromatic rings. The molecule has 4 rings (SSSR count). The van der Waals surface area contributed by atoms with Crippen molar-refractivity contribution in [3.05, 3.63) is 80.2 Å². The van der Waals surface area contributed by atoms with E-state index < -0.39 is 22.9 Å². The zero-order valence-corrected chi connectivity index (χ0v) is 20.2. The molecule has 0 aliphatic carbocycles. The average Bonchev–Trinajstić information content (AvgIpc) is 3.35. The van der Waals surface area contributed by atoms with Crippen molar-refractivity contribution >= 4 is 52.5 Å². The summed E-state index contributed by atoms with van der Waals surface area (Å²) in [5.41, 5.74) is 0.523. The first kappa shape index (κ1) is 25.5. The van der Waals surface area contributed by atoms with Gasteiger partial charge in [0.2, 0.25) is 0 Å². The molecule has 0 unspecified atom stereocenters. The Kier molecular flexibility index (Phi) is 7.18. The van der Waals surface area contributed by atoms with Gasteiger partial charge in [0, 0.05) is 29.0 Å². The lowest BCUT2D eigenvalue weighted by atomic mass is 10.1. The van der Waals surface area contributed by atoms with Crippen molar-refractivity contribution in [2.45, 2.75) is 26.2 Å². The van der Waals surface area contributed by atoms with E-state index in [1.165, 1.54) is 18.2 Å². The van der Waals surface area contributed by atoms with Gasteiger partial charge in [-0.05, 0) is 60.2 Å². The first-order valence-electron chi connectivity index (χ1n) is 10.4. The van der Waals surface area contributed by atoms with Crippen LogP contribution in [0.3, 0.4) is 0 Å². The Morgan fingerprint density at radius 1 is 1.22 bits per heavy atom. The van der Waals surface area contributed by atoms with E-state index in [9.17, 15) is 22.8 Å². The fourth-order valence-electron chi connectivity index (χ4n) is 3.50. The van der Waals surface area contributed by atoms with Crippen molar-refractivity contribution in [3.63, 3.8) is 0 Å². The van der Waals surface area contributed by atoms with Gasteiger partial charge in [-0.1, -0.05) is 23.7 Å². The van der Waals surface area contributed by atoms with Gasteiger partial charge in [-0.25, -0.2) is 4.98 Å². The number of aromatic nitrogens is 3.